The molecular weight excluding hydrogens is 541 g/mol. The smallest absolute Gasteiger partial charge is 0.272 e. The van der Waals surface area contributed by atoms with Crippen molar-refractivity contribution >= 4 is 27.2 Å². The fourth-order valence-electron chi connectivity index (χ4n) is 5.82. The van der Waals surface area contributed by atoms with Crippen LogP contribution in [-0.4, -0.2) is 62.4 Å². The molecule has 2 saturated heterocycles. The van der Waals surface area contributed by atoms with E-state index >= 15 is 0 Å². The summed E-state index contributed by atoms with van der Waals surface area (Å²) in [6.45, 7) is 2.94. The molecule has 1 aromatic heterocycles. The highest BCUT2D eigenvalue weighted by molar-refractivity contribution is 7.90. The van der Waals surface area contributed by atoms with Crippen LogP contribution in [0.4, 0.5) is 10.1 Å². The first-order valence-corrected chi connectivity index (χ1v) is 16.1. The highest BCUT2D eigenvalue weighted by Gasteiger charge is 2.26. The zero-order valence-corrected chi connectivity index (χ0v) is 24.2. The van der Waals surface area contributed by atoms with Crippen LogP contribution in [0.25, 0.3) is 0 Å². The van der Waals surface area contributed by atoms with Crippen molar-refractivity contribution in [1.82, 2.24) is 9.88 Å². The van der Waals surface area contributed by atoms with Crippen LogP contribution in [0.5, 0.6) is 0 Å². The third-order valence-corrected chi connectivity index (χ3v) is 9.49. The molecular formula is C32H36FN3O4S. The molecule has 0 N–H and O–H groups in total. The maximum absolute atomic E-state index is 13.2. The van der Waals surface area contributed by atoms with Crippen molar-refractivity contribution in [3.05, 3.63) is 89.5 Å². The summed E-state index contributed by atoms with van der Waals surface area (Å²) in [6.07, 6.45) is 7.59. The quantitative estimate of drug-likeness (QED) is 0.342. The van der Waals surface area contributed by atoms with Gasteiger partial charge in [-0.2, -0.15) is 0 Å². The van der Waals surface area contributed by atoms with Crippen molar-refractivity contribution in [2.75, 3.05) is 37.3 Å². The summed E-state index contributed by atoms with van der Waals surface area (Å²) in [6, 6.07) is 17.0. The van der Waals surface area contributed by atoms with Gasteiger partial charge in [0, 0.05) is 56.3 Å². The lowest BCUT2D eigenvalue weighted by Gasteiger charge is -2.33. The summed E-state index contributed by atoms with van der Waals surface area (Å²) >= 11 is 0. The maximum Gasteiger partial charge on any atom is 0.272 e. The van der Waals surface area contributed by atoms with Gasteiger partial charge in [0.05, 0.1) is 4.90 Å². The first kappa shape index (κ1) is 28.9. The molecule has 2 aliphatic heterocycles. The van der Waals surface area contributed by atoms with Crippen LogP contribution in [0.3, 0.4) is 0 Å². The Morgan fingerprint density at radius 2 is 1.49 bits per heavy atom. The number of halogens is 1. The molecule has 216 valence electrons. The van der Waals surface area contributed by atoms with Gasteiger partial charge in [-0.25, -0.2) is 12.8 Å². The van der Waals surface area contributed by atoms with E-state index in [0.717, 1.165) is 56.4 Å². The fraction of sp³-hybridized carbons (Fsp3) is 0.406. The average Bonchev–Trinajstić information content (AvgIpc) is 2.98. The minimum atomic E-state index is -3.22. The Morgan fingerprint density at radius 3 is 2.07 bits per heavy atom. The average molecular weight is 578 g/mol. The largest absolute Gasteiger partial charge is 0.372 e. The number of rotatable bonds is 8. The van der Waals surface area contributed by atoms with E-state index in [-0.39, 0.29) is 23.4 Å². The minimum Gasteiger partial charge on any atom is -0.372 e. The first-order chi connectivity index (χ1) is 19.7. The molecule has 0 unspecified atom stereocenters. The van der Waals surface area contributed by atoms with Gasteiger partial charge >= 0.3 is 0 Å². The lowest BCUT2D eigenvalue weighted by molar-refractivity contribution is 0.0684. The molecule has 2 aromatic carbocycles. The van der Waals surface area contributed by atoms with Crippen LogP contribution < -0.4 is 4.90 Å². The number of aromatic nitrogens is 1. The molecule has 3 aromatic rings. The monoisotopic (exact) mass is 577 g/mol. The number of hydrogen-bond donors (Lipinski definition) is 0. The van der Waals surface area contributed by atoms with Gasteiger partial charge in [-0.1, -0.05) is 12.1 Å². The number of piperidine rings is 2. The van der Waals surface area contributed by atoms with E-state index in [1.54, 1.807) is 24.3 Å². The Kier molecular flexibility index (Phi) is 8.82. The van der Waals surface area contributed by atoms with Gasteiger partial charge in [0.2, 0.25) is 0 Å². The number of ketones is 1. The molecule has 7 nitrogen and oxygen atoms in total. The number of benzene rings is 2. The van der Waals surface area contributed by atoms with E-state index in [1.165, 1.54) is 24.6 Å². The molecule has 1 amide bonds. The van der Waals surface area contributed by atoms with Crippen LogP contribution in [0.1, 0.15) is 58.5 Å². The molecule has 9 heteroatoms. The normalized spacial score (nSPS) is 17.0. The third kappa shape index (κ3) is 7.38. The van der Waals surface area contributed by atoms with Crippen molar-refractivity contribution in [3.63, 3.8) is 0 Å². The molecule has 3 heterocycles. The highest BCUT2D eigenvalue weighted by atomic mass is 32.2. The van der Waals surface area contributed by atoms with Gasteiger partial charge in [-0.15, -0.1) is 0 Å². The molecule has 0 aliphatic carbocycles. The van der Waals surface area contributed by atoms with Gasteiger partial charge in [0.15, 0.2) is 15.6 Å². The lowest BCUT2D eigenvalue weighted by atomic mass is 9.89. The van der Waals surface area contributed by atoms with E-state index < -0.39 is 9.84 Å². The maximum atomic E-state index is 13.2. The molecule has 0 saturated carbocycles. The van der Waals surface area contributed by atoms with Crippen molar-refractivity contribution in [1.29, 1.82) is 0 Å². The predicted molar refractivity (Wildman–Crippen MR) is 156 cm³/mol. The molecule has 2 aliphatic rings. The summed E-state index contributed by atoms with van der Waals surface area (Å²) in [7, 11) is -3.22. The number of anilines is 1. The number of sulfone groups is 1. The molecule has 5 rings (SSSR count). The summed E-state index contributed by atoms with van der Waals surface area (Å²) in [5.41, 5.74) is 2.99. The molecule has 0 bridgehead atoms. The summed E-state index contributed by atoms with van der Waals surface area (Å²) < 4.78 is 36.6. The van der Waals surface area contributed by atoms with E-state index in [9.17, 15) is 22.4 Å². The second-order valence-electron chi connectivity index (χ2n) is 11.3. The van der Waals surface area contributed by atoms with Crippen LogP contribution in [0.15, 0.2) is 71.8 Å². The number of pyridine rings is 1. The molecule has 2 fully saturated rings. The number of Topliss-reactive ketones (excluding diaryl/α,β-unsaturated/α-hetero) is 1. The predicted octanol–water partition coefficient (Wildman–Crippen LogP) is 5.21. The Balaban J connectivity index is 1.07. The Labute approximate surface area is 241 Å². The minimum absolute atomic E-state index is 0.0362. The van der Waals surface area contributed by atoms with Crippen LogP contribution in [0.2, 0.25) is 0 Å². The van der Waals surface area contributed by atoms with Crippen molar-refractivity contribution in [2.24, 2.45) is 11.8 Å². The zero-order valence-electron chi connectivity index (χ0n) is 23.3. The van der Waals surface area contributed by atoms with E-state index in [2.05, 4.69) is 9.88 Å². The summed E-state index contributed by atoms with van der Waals surface area (Å²) in [5, 5.41) is 0. The van der Waals surface area contributed by atoms with Gasteiger partial charge in [0.25, 0.3) is 5.91 Å². The van der Waals surface area contributed by atoms with E-state index in [4.69, 9.17) is 0 Å². The van der Waals surface area contributed by atoms with Crippen LogP contribution in [-0.2, 0) is 16.3 Å². The van der Waals surface area contributed by atoms with Gasteiger partial charge in [-0.3, -0.25) is 14.6 Å². The highest BCUT2D eigenvalue weighted by Crippen LogP contribution is 2.28. The van der Waals surface area contributed by atoms with Gasteiger partial charge in [-0.05, 0) is 98.0 Å². The van der Waals surface area contributed by atoms with Gasteiger partial charge in [0.1, 0.15) is 11.5 Å². The Morgan fingerprint density at radius 1 is 0.854 bits per heavy atom. The second kappa shape index (κ2) is 12.5. The zero-order chi connectivity index (χ0) is 29.0. The lowest BCUT2D eigenvalue weighted by Crippen LogP contribution is -2.39. The van der Waals surface area contributed by atoms with Crippen molar-refractivity contribution in [2.45, 2.75) is 43.4 Å². The SMILES string of the molecule is CS(=O)(=O)c1ccc(N2CCC(CC(=O)c3ccc(C(=O)N4CCC(Cc5ccc(F)cc5)CC4)nc3)CC2)cc1. The Hall–Kier alpha value is -3.59. The number of likely N-dealkylation sites (tertiary alicyclic amines) is 1. The number of nitrogens with zero attached hydrogens (tertiary/aromatic N) is 3. The number of carbonyl (C=O) groups is 2. The molecule has 0 atom stereocenters. The number of amides is 1. The standard InChI is InChI=1S/C32H36FN3O4S/c1-41(39,40)29-9-7-28(8-10-29)35-16-12-25(13-17-35)21-31(37)26-4-11-30(34-22-26)32(38)36-18-14-24(15-19-36)20-23-2-5-27(33)6-3-23/h2-11,22,24-25H,12-21H2,1H3. The third-order valence-electron chi connectivity index (χ3n) is 8.36. The van der Waals surface area contributed by atoms with Crippen molar-refractivity contribution < 1.29 is 22.4 Å². The topological polar surface area (TPSA) is 87.7 Å². The van der Waals surface area contributed by atoms with E-state index in [0.29, 0.717) is 41.6 Å². The fourth-order valence-corrected chi connectivity index (χ4v) is 6.45. The first-order valence-electron chi connectivity index (χ1n) is 14.2. The summed E-state index contributed by atoms with van der Waals surface area (Å²) in [5.74, 6) is 0.430. The number of hydrogen-bond acceptors (Lipinski definition) is 6. The number of carbonyl (C=O) groups excluding carboxylic acids is 2. The van der Waals surface area contributed by atoms with Gasteiger partial charge < -0.3 is 9.80 Å². The van der Waals surface area contributed by atoms with E-state index in [1.807, 2.05) is 29.2 Å². The molecule has 41 heavy (non-hydrogen) atoms. The van der Waals surface area contributed by atoms with Crippen LogP contribution in [0, 0.1) is 17.7 Å². The molecule has 0 spiro atoms. The molecule has 0 radical (unpaired) electrons. The Bertz CT molecular complexity index is 1460. The second-order valence-corrected chi connectivity index (χ2v) is 13.3. The van der Waals surface area contributed by atoms with Crippen molar-refractivity contribution in [3.8, 4) is 0 Å². The van der Waals surface area contributed by atoms with Crippen LogP contribution >= 0.6 is 0 Å². The summed E-state index contributed by atoms with van der Waals surface area (Å²) in [4.78, 5) is 34.7.